The summed E-state index contributed by atoms with van der Waals surface area (Å²) in [5.74, 6) is -0.844. The first-order valence-corrected chi connectivity index (χ1v) is 22.7. The van der Waals surface area contributed by atoms with Gasteiger partial charge < -0.3 is 36.0 Å². The lowest BCUT2D eigenvalue weighted by molar-refractivity contribution is -0.172. The minimum absolute atomic E-state index is 0.000564. The van der Waals surface area contributed by atoms with Crippen LogP contribution in [-0.4, -0.2) is 92.6 Å². The lowest BCUT2D eigenvalue weighted by atomic mass is 9.79. The Bertz CT molecular complexity index is 911. The third-order valence-corrected chi connectivity index (χ3v) is 11.3. The Kier molecular flexibility index (Phi) is 30.1. The van der Waals surface area contributed by atoms with Crippen molar-refractivity contribution in [3.63, 3.8) is 0 Å². The molecule has 0 bridgehead atoms. The van der Waals surface area contributed by atoms with Gasteiger partial charge in [0.1, 0.15) is 17.7 Å². The third kappa shape index (κ3) is 24.0. The topological polar surface area (TPSA) is 159 Å². The minimum Gasteiger partial charge on any atom is -0.390 e. The van der Waals surface area contributed by atoms with E-state index in [1.165, 1.54) is 128 Å². The highest BCUT2D eigenvalue weighted by molar-refractivity contribution is 5.87. The first kappa shape index (κ1) is 50.3. The normalized spacial score (nSPS) is 20.5. The van der Waals surface area contributed by atoms with Crippen molar-refractivity contribution in [3.05, 3.63) is 0 Å². The number of aliphatic hydroxyl groups excluding tert-OH is 3. The number of unbranched alkanes of at least 4 members (excludes halogenated alkanes) is 24. The van der Waals surface area contributed by atoms with E-state index in [9.17, 15) is 34.8 Å². The van der Waals surface area contributed by atoms with E-state index in [0.717, 1.165) is 38.8 Å². The number of rotatable bonds is 35. The van der Waals surface area contributed by atoms with Gasteiger partial charge in [-0.05, 0) is 32.6 Å². The first-order valence-electron chi connectivity index (χ1n) is 22.7. The molecule has 0 aromatic rings. The largest absolute Gasteiger partial charge is 0.390 e. The quantitative estimate of drug-likeness (QED) is 0.0357. The van der Waals surface area contributed by atoms with Crippen LogP contribution in [0.4, 0.5) is 0 Å². The second kappa shape index (κ2) is 32.3. The zero-order valence-electron chi connectivity index (χ0n) is 35.1. The molecule has 1 saturated carbocycles. The van der Waals surface area contributed by atoms with Crippen molar-refractivity contribution >= 4 is 17.7 Å². The summed E-state index contributed by atoms with van der Waals surface area (Å²) in [7, 11) is 0. The third-order valence-electron chi connectivity index (χ3n) is 11.3. The van der Waals surface area contributed by atoms with Crippen LogP contribution in [-0.2, 0) is 14.4 Å². The Hall–Kier alpha value is -1.75. The fraction of sp³-hybridized carbons (Fsp3) is 0.932. The van der Waals surface area contributed by atoms with Gasteiger partial charge in [-0.1, -0.05) is 162 Å². The van der Waals surface area contributed by atoms with Crippen LogP contribution in [0.2, 0.25) is 0 Å². The van der Waals surface area contributed by atoms with Crippen LogP contribution in [0, 0.1) is 0 Å². The van der Waals surface area contributed by atoms with Gasteiger partial charge in [0.2, 0.25) is 11.8 Å². The van der Waals surface area contributed by atoms with Crippen LogP contribution >= 0.6 is 0 Å². The van der Waals surface area contributed by atoms with Gasteiger partial charge in [-0.15, -0.1) is 0 Å². The second-order valence-electron chi connectivity index (χ2n) is 16.5. The van der Waals surface area contributed by atoms with Gasteiger partial charge >= 0.3 is 0 Å². The molecule has 3 amide bonds. The Morgan fingerprint density at radius 1 is 0.593 bits per heavy atom. The molecule has 1 rings (SSSR count). The van der Waals surface area contributed by atoms with Gasteiger partial charge in [0, 0.05) is 38.9 Å². The number of carbonyl (C=O) groups excluding carboxylic acids is 3. The molecule has 3 atom stereocenters. The Balaban J connectivity index is 2.38. The van der Waals surface area contributed by atoms with Crippen molar-refractivity contribution in [2.45, 2.75) is 243 Å². The summed E-state index contributed by atoms with van der Waals surface area (Å²) in [6.07, 6.45) is 28.0. The molecular weight excluding hydrogens is 682 g/mol. The van der Waals surface area contributed by atoms with Gasteiger partial charge in [0.15, 0.2) is 0 Å². The minimum atomic E-state index is -1.94. The highest BCUT2D eigenvalue weighted by Gasteiger charge is 2.48. The smallest absolute Gasteiger partial charge is 0.252 e. The van der Waals surface area contributed by atoms with E-state index in [-0.39, 0.29) is 37.6 Å². The molecule has 318 valence electrons. The van der Waals surface area contributed by atoms with Gasteiger partial charge in [0.05, 0.1) is 12.2 Å². The van der Waals surface area contributed by atoms with Crippen LogP contribution in [0.15, 0.2) is 0 Å². The molecule has 10 heteroatoms. The van der Waals surface area contributed by atoms with Crippen LogP contribution in [0.3, 0.4) is 0 Å². The van der Waals surface area contributed by atoms with Crippen LogP contribution in [0.1, 0.15) is 213 Å². The zero-order valence-corrected chi connectivity index (χ0v) is 35.1. The second-order valence-corrected chi connectivity index (χ2v) is 16.5. The molecule has 0 aromatic carbocycles. The molecule has 54 heavy (non-hydrogen) atoms. The number of nitrogens with zero attached hydrogens (tertiary/aromatic N) is 1. The van der Waals surface area contributed by atoms with Crippen molar-refractivity contribution in [3.8, 4) is 0 Å². The van der Waals surface area contributed by atoms with Gasteiger partial charge in [-0.25, -0.2) is 0 Å². The van der Waals surface area contributed by atoms with Crippen LogP contribution in [0.5, 0.6) is 0 Å². The molecule has 10 nitrogen and oxygen atoms in total. The molecule has 1 aliphatic rings. The number of hydrogen-bond donors (Lipinski definition) is 6. The lowest BCUT2D eigenvalue weighted by Gasteiger charge is -2.39. The number of hydrogen-bond acceptors (Lipinski definition) is 7. The molecule has 0 saturated heterocycles. The van der Waals surface area contributed by atoms with Crippen LogP contribution in [0.25, 0.3) is 0 Å². The standard InChI is InChI=1S/C44H85N3O7/c1-4-6-8-10-12-14-16-18-20-22-24-29-33-47(34-30-25-23-21-19-17-15-13-11-9-7-5-2)42(52)37(3)46-40(50)31-27-26-28-32-45-43(53)44(54)35-38(48)41(51)39(49)36-44/h37-39,41,48-49,51,54H,4-36H2,1-3H3,(H,45,53)(H,46,50)/t37-,38+,39+,41?,44?/m0/s1. The van der Waals surface area contributed by atoms with E-state index < -0.39 is 35.9 Å². The molecular formula is C44H85N3O7. The predicted molar refractivity (Wildman–Crippen MR) is 220 cm³/mol. The number of nitrogens with one attached hydrogen (secondary N) is 2. The van der Waals surface area contributed by atoms with E-state index in [1.54, 1.807) is 6.92 Å². The van der Waals surface area contributed by atoms with Gasteiger partial charge in [-0.3, -0.25) is 14.4 Å². The number of aliphatic hydroxyl groups is 4. The van der Waals surface area contributed by atoms with Gasteiger partial charge in [0.25, 0.3) is 5.91 Å². The Labute approximate surface area is 330 Å². The highest BCUT2D eigenvalue weighted by Crippen LogP contribution is 2.29. The molecule has 0 heterocycles. The molecule has 1 aliphatic carbocycles. The SMILES string of the molecule is CCCCCCCCCCCCCCN(CCCCCCCCCCCCCC)C(=O)[C@H](C)NC(=O)CCCCCNC(=O)C1(O)C[C@@H](O)C(O)[C@H](O)C1. The van der Waals surface area contributed by atoms with E-state index in [1.807, 2.05) is 4.90 Å². The summed E-state index contributed by atoms with van der Waals surface area (Å²) in [5, 5.41) is 45.6. The average Bonchev–Trinajstić information content (AvgIpc) is 3.14. The maximum atomic E-state index is 13.5. The number of carbonyl (C=O) groups is 3. The first-order chi connectivity index (χ1) is 26.1. The summed E-state index contributed by atoms with van der Waals surface area (Å²) < 4.78 is 0. The summed E-state index contributed by atoms with van der Waals surface area (Å²) in [6.45, 7) is 8.07. The zero-order chi connectivity index (χ0) is 39.9. The fourth-order valence-corrected chi connectivity index (χ4v) is 7.68. The predicted octanol–water partition coefficient (Wildman–Crippen LogP) is 8.01. The molecule has 0 aliphatic heterocycles. The molecule has 1 fully saturated rings. The maximum Gasteiger partial charge on any atom is 0.252 e. The number of amides is 3. The van der Waals surface area contributed by atoms with E-state index >= 15 is 0 Å². The maximum absolute atomic E-state index is 13.5. The van der Waals surface area contributed by atoms with E-state index in [4.69, 9.17) is 0 Å². The summed E-state index contributed by atoms with van der Waals surface area (Å²) in [6, 6.07) is -0.577. The Morgan fingerprint density at radius 3 is 1.37 bits per heavy atom. The molecule has 6 N–H and O–H groups in total. The summed E-state index contributed by atoms with van der Waals surface area (Å²) >= 11 is 0. The summed E-state index contributed by atoms with van der Waals surface area (Å²) in [4.78, 5) is 40.8. The molecule has 0 aromatic heterocycles. The van der Waals surface area contributed by atoms with Crippen molar-refractivity contribution in [2.24, 2.45) is 0 Å². The monoisotopic (exact) mass is 768 g/mol. The molecule has 0 radical (unpaired) electrons. The van der Waals surface area contributed by atoms with Crippen molar-refractivity contribution in [2.75, 3.05) is 19.6 Å². The summed E-state index contributed by atoms with van der Waals surface area (Å²) in [5.41, 5.74) is -1.94. The fourth-order valence-electron chi connectivity index (χ4n) is 7.68. The Morgan fingerprint density at radius 2 is 0.963 bits per heavy atom. The molecule has 0 unspecified atom stereocenters. The van der Waals surface area contributed by atoms with Crippen molar-refractivity contribution < 1.29 is 34.8 Å². The van der Waals surface area contributed by atoms with Crippen LogP contribution < -0.4 is 10.6 Å². The van der Waals surface area contributed by atoms with E-state index in [0.29, 0.717) is 19.3 Å². The lowest BCUT2D eigenvalue weighted by Crippen LogP contribution is -2.59. The van der Waals surface area contributed by atoms with E-state index in [2.05, 4.69) is 24.5 Å². The van der Waals surface area contributed by atoms with Crippen molar-refractivity contribution in [1.29, 1.82) is 0 Å². The van der Waals surface area contributed by atoms with Gasteiger partial charge in [-0.2, -0.15) is 0 Å². The van der Waals surface area contributed by atoms with Crippen molar-refractivity contribution in [1.82, 2.24) is 15.5 Å². The molecule has 0 spiro atoms. The highest BCUT2D eigenvalue weighted by atomic mass is 16.4. The average molecular weight is 768 g/mol.